The molecule has 0 aliphatic rings. The van der Waals surface area contributed by atoms with Crippen molar-refractivity contribution in [1.82, 2.24) is 0 Å². The fourth-order valence-corrected chi connectivity index (χ4v) is 0.728. The SMILES string of the molecule is C/C=C(\BO)C(=O)BCC. The Morgan fingerprint density at radius 2 is 2.30 bits per heavy atom. The molecule has 0 unspecified atom stereocenters. The summed E-state index contributed by atoms with van der Waals surface area (Å²) in [4.78, 5) is 11.0. The summed E-state index contributed by atoms with van der Waals surface area (Å²) in [6.45, 7) is 3.71. The smallest absolute Gasteiger partial charge is 0.307 e. The van der Waals surface area contributed by atoms with Gasteiger partial charge in [0.25, 0.3) is 0 Å². The minimum absolute atomic E-state index is 0.0625. The van der Waals surface area contributed by atoms with E-state index in [2.05, 4.69) is 0 Å². The maximum Gasteiger partial charge on any atom is 0.307 e. The summed E-state index contributed by atoms with van der Waals surface area (Å²) in [5.74, 6) is 0. The molecule has 1 N–H and O–H groups in total. The number of carbonyl (C=O) groups excluding carboxylic acids is 1. The predicted octanol–water partition coefficient (Wildman–Crippen LogP) is -0.365. The van der Waals surface area contributed by atoms with Gasteiger partial charge in [-0.25, -0.2) is 0 Å². The molecule has 0 saturated heterocycles. The Hall–Kier alpha value is -0.500. The van der Waals surface area contributed by atoms with E-state index < -0.39 is 0 Å². The van der Waals surface area contributed by atoms with Crippen LogP contribution in [0, 0.1) is 0 Å². The van der Waals surface area contributed by atoms with E-state index in [1.54, 1.807) is 13.0 Å². The van der Waals surface area contributed by atoms with Crippen LogP contribution in [0.2, 0.25) is 6.32 Å². The van der Waals surface area contributed by atoms with E-state index >= 15 is 0 Å². The highest BCUT2D eigenvalue weighted by atomic mass is 16.2. The van der Waals surface area contributed by atoms with Crippen molar-refractivity contribution < 1.29 is 9.82 Å². The number of hydrogen-bond acceptors (Lipinski definition) is 2. The maximum atomic E-state index is 11.0. The van der Waals surface area contributed by atoms with Crippen LogP contribution in [0.4, 0.5) is 0 Å². The second kappa shape index (κ2) is 5.30. The van der Waals surface area contributed by atoms with Gasteiger partial charge in [-0.1, -0.05) is 19.3 Å². The Bertz CT molecular complexity index is 143. The van der Waals surface area contributed by atoms with Gasteiger partial charge >= 0.3 is 7.48 Å². The summed E-state index contributed by atoms with van der Waals surface area (Å²) in [5, 5.41) is 8.63. The van der Waals surface area contributed by atoms with Crippen LogP contribution in [0.1, 0.15) is 13.8 Å². The van der Waals surface area contributed by atoms with E-state index in [0.717, 1.165) is 6.32 Å². The number of hydrogen-bond donors (Lipinski definition) is 1. The van der Waals surface area contributed by atoms with Gasteiger partial charge in [0.15, 0.2) is 0 Å². The highest BCUT2D eigenvalue weighted by Crippen LogP contribution is 1.92. The lowest BCUT2D eigenvalue weighted by Gasteiger charge is -1.96. The lowest BCUT2D eigenvalue weighted by atomic mass is 9.62. The molecule has 0 saturated carbocycles. The minimum Gasteiger partial charge on any atom is -0.449 e. The van der Waals surface area contributed by atoms with Crippen molar-refractivity contribution >= 4 is 20.4 Å². The molecular formula is C6H12B2O2. The van der Waals surface area contributed by atoms with Crippen molar-refractivity contribution in [3.05, 3.63) is 11.5 Å². The molecule has 0 heterocycles. The quantitative estimate of drug-likeness (QED) is 0.425. The molecule has 0 amide bonds. The van der Waals surface area contributed by atoms with Gasteiger partial charge in [-0.2, -0.15) is 0 Å². The topological polar surface area (TPSA) is 37.3 Å². The van der Waals surface area contributed by atoms with Gasteiger partial charge in [0.05, 0.1) is 0 Å². The summed E-state index contributed by atoms with van der Waals surface area (Å²) >= 11 is 0. The molecule has 0 aliphatic carbocycles. The predicted molar refractivity (Wildman–Crippen MR) is 45.8 cm³/mol. The molecule has 0 radical (unpaired) electrons. The second-order valence-electron chi connectivity index (χ2n) is 2.15. The summed E-state index contributed by atoms with van der Waals surface area (Å²) in [6.07, 6.45) is 2.51. The molecule has 10 heavy (non-hydrogen) atoms. The monoisotopic (exact) mass is 138 g/mol. The van der Waals surface area contributed by atoms with Crippen LogP contribution in [0.25, 0.3) is 0 Å². The molecule has 0 bridgehead atoms. The highest BCUT2D eigenvalue weighted by Gasteiger charge is 2.07. The van der Waals surface area contributed by atoms with Gasteiger partial charge in [-0.05, 0) is 12.4 Å². The van der Waals surface area contributed by atoms with Gasteiger partial charge in [0, 0.05) is 0 Å². The molecular weight excluding hydrogens is 126 g/mol. The van der Waals surface area contributed by atoms with Crippen molar-refractivity contribution in [3.63, 3.8) is 0 Å². The molecule has 0 atom stereocenters. The van der Waals surface area contributed by atoms with Crippen LogP contribution < -0.4 is 0 Å². The van der Waals surface area contributed by atoms with Crippen molar-refractivity contribution in [1.29, 1.82) is 0 Å². The lowest BCUT2D eigenvalue weighted by molar-refractivity contribution is -0.108. The molecule has 0 fully saturated rings. The van der Waals surface area contributed by atoms with Crippen LogP contribution in [-0.4, -0.2) is 25.5 Å². The van der Waals surface area contributed by atoms with Crippen molar-refractivity contribution in [2.45, 2.75) is 20.2 Å². The second-order valence-corrected chi connectivity index (χ2v) is 2.15. The van der Waals surface area contributed by atoms with Gasteiger partial charge in [0.2, 0.25) is 7.28 Å². The van der Waals surface area contributed by atoms with E-state index in [-0.39, 0.29) is 13.2 Å². The van der Waals surface area contributed by atoms with Crippen LogP contribution >= 0.6 is 0 Å². The Labute approximate surface area is 62.8 Å². The summed E-state index contributed by atoms with van der Waals surface area (Å²) in [7, 11) is 0.412. The normalized spacial score (nSPS) is 10.9. The third kappa shape index (κ3) is 2.87. The Kier molecular flexibility index (Phi) is 5.03. The molecule has 0 aromatic rings. The molecule has 2 nitrogen and oxygen atoms in total. The number of allylic oxidation sites excluding steroid dienone is 2. The van der Waals surface area contributed by atoms with Gasteiger partial charge in [0.1, 0.15) is 5.68 Å². The lowest BCUT2D eigenvalue weighted by Crippen LogP contribution is -2.15. The first-order chi connectivity index (χ1) is 4.76. The zero-order valence-corrected chi connectivity index (χ0v) is 6.55. The Morgan fingerprint density at radius 1 is 1.70 bits per heavy atom. The largest absolute Gasteiger partial charge is 0.449 e. The minimum atomic E-state index is -0.130. The molecule has 54 valence electrons. The zero-order valence-electron chi connectivity index (χ0n) is 6.55. The summed E-state index contributed by atoms with van der Waals surface area (Å²) in [5.41, 5.74) is 0.592. The summed E-state index contributed by atoms with van der Waals surface area (Å²) in [6, 6.07) is 0. The van der Waals surface area contributed by atoms with Gasteiger partial charge in [-0.3, -0.25) is 0 Å². The molecule has 0 aromatic heterocycles. The van der Waals surface area contributed by atoms with Crippen molar-refractivity contribution in [2.75, 3.05) is 0 Å². The van der Waals surface area contributed by atoms with E-state index in [1.807, 2.05) is 6.92 Å². The summed E-state index contributed by atoms with van der Waals surface area (Å²) < 4.78 is 0. The van der Waals surface area contributed by atoms with E-state index in [4.69, 9.17) is 5.02 Å². The average molecular weight is 138 g/mol. The van der Waals surface area contributed by atoms with E-state index in [0.29, 0.717) is 12.8 Å². The van der Waals surface area contributed by atoms with E-state index in [9.17, 15) is 4.79 Å². The Balaban J connectivity index is 3.91. The average Bonchev–Trinajstić information content (AvgIpc) is 1.91. The molecule has 0 spiro atoms. The fourth-order valence-electron chi connectivity index (χ4n) is 0.728. The molecule has 0 rings (SSSR count). The standard InChI is InChI=1S/C6H12B2O2/c1-3-5(8-10)6(9)7-4-2/h3,7-8,10H,4H2,1-2H3/b5-3-. The van der Waals surface area contributed by atoms with Gasteiger partial charge in [-0.15, -0.1) is 0 Å². The van der Waals surface area contributed by atoms with Crippen molar-refractivity contribution in [2.24, 2.45) is 0 Å². The van der Waals surface area contributed by atoms with Gasteiger partial charge < -0.3 is 9.82 Å². The Morgan fingerprint density at radius 3 is 2.60 bits per heavy atom. The fraction of sp³-hybridized carbons (Fsp3) is 0.500. The van der Waals surface area contributed by atoms with Crippen LogP contribution in [0.15, 0.2) is 11.5 Å². The molecule has 4 heteroatoms. The van der Waals surface area contributed by atoms with E-state index in [1.165, 1.54) is 0 Å². The third-order valence-corrected chi connectivity index (χ3v) is 1.35. The third-order valence-electron chi connectivity index (χ3n) is 1.35. The first-order valence-electron chi connectivity index (χ1n) is 3.55. The van der Waals surface area contributed by atoms with Crippen LogP contribution in [-0.2, 0) is 4.79 Å². The molecule has 0 aliphatic heterocycles. The first kappa shape index (κ1) is 9.50. The maximum absolute atomic E-state index is 11.0. The van der Waals surface area contributed by atoms with Crippen molar-refractivity contribution in [3.8, 4) is 0 Å². The first-order valence-corrected chi connectivity index (χ1v) is 3.55. The number of rotatable bonds is 4. The molecule has 0 aromatic carbocycles. The number of carbonyl (C=O) groups is 1. The van der Waals surface area contributed by atoms with Crippen LogP contribution in [0.3, 0.4) is 0 Å². The zero-order chi connectivity index (χ0) is 7.98. The van der Waals surface area contributed by atoms with Crippen LogP contribution in [0.5, 0.6) is 0 Å². The highest BCUT2D eigenvalue weighted by molar-refractivity contribution is 6.82.